The van der Waals surface area contributed by atoms with Crippen molar-refractivity contribution < 1.29 is 4.39 Å². The number of H-pyrrole nitrogens is 1. The van der Waals surface area contributed by atoms with Crippen LogP contribution in [0.25, 0.3) is 11.3 Å². The van der Waals surface area contributed by atoms with Gasteiger partial charge in [0, 0.05) is 12.3 Å². The van der Waals surface area contributed by atoms with Crippen molar-refractivity contribution in [2.24, 2.45) is 0 Å². The smallest absolute Gasteiger partial charge is 0.248 e. The van der Waals surface area contributed by atoms with E-state index < -0.39 is 5.95 Å². The Kier molecular flexibility index (Phi) is 2.10. The van der Waals surface area contributed by atoms with Gasteiger partial charge < -0.3 is 4.98 Å². The van der Waals surface area contributed by atoms with Gasteiger partial charge >= 0.3 is 0 Å². The zero-order valence-electron chi connectivity index (χ0n) is 7.20. The van der Waals surface area contributed by atoms with Gasteiger partial charge in [0.25, 0.3) is 0 Å². The van der Waals surface area contributed by atoms with Crippen LogP contribution in [-0.2, 0) is 0 Å². The Hall–Kier alpha value is -1.97. The van der Waals surface area contributed by atoms with E-state index in [1.54, 1.807) is 24.3 Å². The molecule has 2 heterocycles. The molecule has 0 aromatic carbocycles. The fourth-order valence-electron chi connectivity index (χ4n) is 1.19. The molecule has 0 saturated heterocycles. The van der Waals surface area contributed by atoms with Gasteiger partial charge in [-0.05, 0) is 18.2 Å². The van der Waals surface area contributed by atoms with Crippen molar-refractivity contribution in [3.05, 3.63) is 52.8 Å². The number of rotatable bonds is 1. The minimum atomic E-state index is -0.589. The third-order valence-electron chi connectivity index (χ3n) is 1.82. The molecule has 0 radical (unpaired) electrons. The highest BCUT2D eigenvalue weighted by atomic mass is 19.1. The third kappa shape index (κ3) is 1.54. The van der Waals surface area contributed by atoms with Crippen LogP contribution in [0.3, 0.4) is 0 Å². The molecular formula is C10H7FN2O. The first-order valence-corrected chi connectivity index (χ1v) is 4.07. The highest BCUT2D eigenvalue weighted by Gasteiger charge is 2.04. The first-order chi connectivity index (χ1) is 6.77. The summed E-state index contributed by atoms with van der Waals surface area (Å²) in [6, 6.07) is 7.75. The second-order valence-electron chi connectivity index (χ2n) is 2.77. The Morgan fingerprint density at radius 2 is 2.07 bits per heavy atom. The second kappa shape index (κ2) is 3.41. The predicted molar refractivity (Wildman–Crippen MR) is 50.3 cm³/mol. The Morgan fingerprint density at radius 1 is 1.21 bits per heavy atom. The van der Waals surface area contributed by atoms with E-state index in [0.717, 1.165) is 0 Å². The van der Waals surface area contributed by atoms with Gasteiger partial charge in [0.2, 0.25) is 11.5 Å². The topological polar surface area (TPSA) is 45.8 Å². The van der Waals surface area contributed by atoms with Crippen molar-refractivity contribution in [1.29, 1.82) is 0 Å². The molecule has 0 atom stereocenters. The van der Waals surface area contributed by atoms with Gasteiger partial charge in [0.05, 0.1) is 11.3 Å². The standard InChI is InChI=1S/C10H7FN2O/c11-10-7(3-2-6-12-10)8-4-1-5-9(14)13-8/h1-6H,(H,13,14). The van der Waals surface area contributed by atoms with Crippen molar-refractivity contribution in [1.82, 2.24) is 9.97 Å². The van der Waals surface area contributed by atoms with Crippen LogP contribution >= 0.6 is 0 Å². The predicted octanol–water partition coefficient (Wildman–Crippen LogP) is 1.58. The third-order valence-corrected chi connectivity index (χ3v) is 1.82. The van der Waals surface area contributed by atoms with Crippen LogP contribution in [-0.4, -0.2) is 9.97 Å². The largest absolute Gasteiger partial charge is 0.322 e. The molecule has 4 heteroatoms. The molecule has 70 valence electrons. The maximum absolute atomic E-state index is 13.2. The molecule has 0 amide bonds. The molecule has 1 N–H and O–H groups in total. The van der Waals surface area contributed by atoms with Crippen LogP contribution in [0.2, 0.25) is 0 Å². The normalized spacial score (nSPS) is 10.1. The summed E-state index contributed by atoms with van der Waals surface area (Å²) < 4.78 is 13.2. The molecule has 0 fully saturated rings. The van der Waals surface area contributed by atoms with E-state index in [1.165, 1.54) is 12.3 Å². The van der Waals surface area contributed by atoms with Gasteiger partial charge in [-0.2, -0.15) is 4.39 Å². The minimum Gasteiger partial charge on any atom is -0.322 e. The van der Waals surface area contributed by atoms with Gasteiger partial charge in [-0.25, -0.2) is 4.98 Å². The highest BCUT2D eigenvalue weighted by molar-refractivity contribution is 5.57. The highest BCUT2D eigenvalue weighted by Crippen LogP contribution is 2.16. The second-order valence-corrected chi connectivity index (χ2v) is 2.77. The summed E-state index contributed by atoms with van der Waals surface area (Å²) in [7, 11) is 0. The van der Waals surface area contributed by atoms with Gasteiger partial charge in [0.15, 0.2) is 0 Å². The lowest BCUT2D eigenvalue weighted by atomic mass is 10.2. The van der Waals surface area contributed by atoms with E-state index in [9.17, 15) is 9.18 Å². The van der Waals surface area contributed by atoms with Crippen LogP contribution in [0.15, 0.2) is 41.3 Å². The number of nitrogens with one attached hydrogen (secondary N) is 1. The molecule has 0 bridgehead atoms. The molecule has 14 heavy (non-hydrogen) atoms. The van der Waals surface area contributed by atoms with E-state index in [1.807, 2.05) is 0 Å². The summed E-state index contributed by atoms with van der Waals surface area (Å²) >= 11 is 0. The number of nitrogens with zero attached hydrogens (tertiary/aromatic N) is 1. The van der Waals surface area contributed by atoms with Gasteiger partial charge in [-0.15, -0.1) is 0 Å². The Bertz CT molecular complexity index is 507. The maximum Gasteiger partial charge on any atom is 0.248 e. The number of halogens is 1. The molecule has 2 aromatic heterocycles. The SMILES string of the molecule is O=c1cccc(-c2cccnc2F)[nH]1. The molecule has 0 saturated carbocycles. The lowest BCUT2D eigenvalue weighted by molar-refractivity contribution is 0.587. The lowest BCUT2D eigenvalue weighted by Crippen LogP contribution is -2.04. The van der Waals surface area contributed by atoms with Gasteiger partial charge in [-0.1, -0.05) is 6.07 Å². The average Bonchev–Trinajstić information content (AvgIpc) is 2.18. The number of hydrogen-bond donors (Lipinski definition) is 1. The van der Waals surface area contributed by atoms with Crippen molar-refractivity contribution >= 4 is 0 Å². The zero-order chi connectivity index (χ0) is 9.97. The summed E-state index contributed by atoms with van der Waals surface area (Å²) in [5.74, 6) is -0.589. The average molecular weight is 190 g/mol. The number of pyridine rings is 2. The molecule has 0 spiro atoms. The first kappa shape index (κ1) is 8.62. The van der Waals surface area contributed by atoms with Crippen LogP contribution in [0.4, 0.5) is 4.39 Å². The van der Waals surface area contributed by atoms with Crippen LogP contribution < -0.4 is 5.56 Å². The molecular weight excluding hydrogens is 183 g/mol. The van der Waals surface area contributed by atoms with E-state index in [0.29, 0.717) is 11.3 Å². The quantitative estimate of drug-likeness (QED) is 0.694. The maximum atomic E-state index is 13.2. The first-order valence-electron chi connectivity index (χ1n) is 4.07. The molecule has 0 aliphatic carbocycles. The Balaban J connectivity index is 2.61. The molecule has 2 aromatic rings. The molecule has 2 rings (SSSR count). The number of hydrogen-bond acceptors (Lipinski definition) is 2. The Morgan fingerprint density at radius 3 is 2.79 bits per heavy atom. The fraction of sp³-hybridized carbons (Fsp3) is 0. The van der Waals surface area contributed by atoms with Crippen LogP contribution in [0, 0.1) is 5.95 Å². The minimum absolute atomic E-state index is 0.259. The molecule has 0 unspecified atom stereocenters. The summed E-state index contributed by atoms with van der Waals surface area (Å²) in [5, 5.41) is 0. The van der Waals surface area contributed by atoms with Crippen molar-refractivity contribution in [3.63, 3.8) is 0 Å². The molecule has 3 nitrogen and oxygen atoms in total. The Labute approximate surface area is 79.3 Å². The van der Waals surface area contributed by atoms with Crippen molar-refractivity contribution in [2.45, 2.75) is 0 Å². The summed E-state index contributed by atoms with van der Waals surface area (Å²) in [6.45, 7) is 0. The zero-order valence-corrected chi connectivity index (χ0v) is 7.20. The van der Waals surface area contributed by atoms with E-state index in [2.05, 4.69) is 9.97 Å². The number of aromatic nitrogens is 2. The van der Waals surface area contributed by atoms with Gasteiger partial charge in [0.1, 0.15) is 0 Å². The van der Waals surface area contributed by atoms with Crippen molar-refractivity contribution in [3.8, 4) is 11.3 Å². The van der Waals surface area contributed by atoms with Crippen LogP contribution in [0.1, 0.15) is 0 Å². The summed E-state index contributed by atoms with van der Waals surface area (Å²) in [4.78, 5) is 17.0. The van der Waals surface area contributed by atoms with Crippen LogP contribution in [0.5, 0.6) is 0 Å². The van der Waals surface area contributed by atoms with E-state index in [4.69, 9.17) is 0 Å². The van der Waals surface area contributed by atoms with Crippen molar-refractivity contribution in [2.75, 3.05) is 0 Å². The molecule has 0 aliphatic rings. The summed E-state index contributed by atoms with van der Waals surface area (Å²) in [5.41, 5.74) is 0.471. The lowest BCUT2D eigenvalue weighted by Gasteiger charge is -2.00. The van der Waals surface area contributed by atoms with Gasteiger partial charge in [-0.3, -0.25) is 4.79 Å². The molecule has 0 aliphatic heterocycles. The van der Waals surface area contributed by atoms with E-state index in [-0.39, 0.29) is 5.56 Å². The number of aromatic amines is 1. The van der Waals surface area contributed by atoms with E-state index >= 15 is 0 Å². The summed E-state index contributed by atoms with van der Waals surface area (Å²) in [6.07, 6.45) is 1.36. The fourth-order valence-corrected chi connectivity index (χ4v) is 1.19. The monoisotopic (exact) mass is 190 g/mol.